The van der Waals surface area contributed by atoms with Crippen LogP contribution in [0.15, 0.2) is 36.1 Å². The normalized spacial score (nSPS) is 18.6. The number of thiazole rings is 1. The number of rotatable bonds is 5. The van der Waals surface area contributed by atoms with E-state index in [4.69, 9.17) is 4.98 Å². The molecule has 1 unspecified atom stereocenters. The number of likely N-dealkylation sites (tertiary alicyclic amines) is 1. The number of hydrogen-bond donors (Lipinski definition) is 2. The number of nitrogens with zero attached hydrogens (tertiary/aromatic N) is 5. The van der Waals surface area contributed by atoms with Crippen LogP contribution in [0.25, 0.3) is 0 Å². The molecule has 4 rings (SSSR count). The lowest BCUT2D eigenvalue weighted by Gasteiger charge is -2.34. The highest BCUT2D eigenvalue weighted by Crippen LogP contribution is 2.33. The molecule has 24 heavy (non-hydrogen) atoms. The molecule has 1 aliphatic heterocycles. The Hall–Kier alpha value is -2.32. The van der Waals surface area contributed by atoms with Crippen molar-refractivity contribution >= 4 is 22.4 Å². The van der Waals surface area contributed by atoms with Crippen LogP contribution < -0.4 is 5.32 Å². The summed E-state index contributed by atoms with van der Waals surface area (Å²) >= 11 is 1.60. The molecular weight excluding hydrogens is 322 g/mol. The van der Waals surface area contributed by atoms with E-state index in [9.17, 15) is 0 Å². The molecule has 0 bridgehead atoms. The van der Waals surface area contributed by atoms with Gasteiger partial charge in [-0.15, -0.1) is 11.3 Å². The van der Waals surface area contributed by atoms with Gasteiger partial charge in [0.25, 0.3) is 0 Å². The first-order valence-electron chi connectivity index (χ1n) is 8.10. The first-order chi connectivity index (χ1) is 11.9. The van der Waals surface area contributed by atoms with Crippen LogP contribution in [-0.2, 0) is 6.54 Å². The fourth-order valence-corrected chi connectivity index (χ4v) is 3.81. The zero-order valence-corrected chi connectivity index (χ0v) is 14.0. The molecule has 0 radical (unpaired) electrons. The molecule has 8 heteroatoms. The van der Waals surface area contributed by atoms with E-state index in [2.05, 4.69) is 35.8 Å². The van der Waals surface area contributed by atoms with Crippen molar-refractivity contribution in [3.05, 3.63) is 47.5 Å². The van der Waals surface area contributed by atoms with Gasteiger partial charge in [-0.1, -0.05) is 6.42 Å². The Kier molecular flexibility index (Phi) is 4.48. The van der Waals surface area contributed by atoms with Gasteiger partial charge in [-0.3, -0.25) is 10.00 Å². The van der Waals surface area contributed by atoms with E-state index in [1.165, 1.54) is 12.8 Å². The molecule has 3 aromatic rings. The summed E-state index contributed by atoms with van der Waals surface area (Å²) in [5, 5.41) is 13.3. The highest BCUT2D eigenvalue weighted by molar-refractivity contribution is 7.13. The maximum absolute atomic E-state index is 4.77. The van der Waals surface area contributed by atoms with Gasteiger partial charge < -0.3 is 5.32 Å². The van der Waals surface area contributed by atoms with Gasteiger partial charge in [-0.05, 0) is 31.5 Å². The molecule has 7 nitrogen and oxygen atoms in total. The number of piperidine rings is 1. The largest absolute Gasteiger partial charge is 0.300 e. The number of nitrogens with one attached hydrogen (secondary N) is 2. The summed E-state index contributed by atoms with van der Waals surface area (Å²) in [5.41, 5.74) is 2.27. The molecule has 0 aliphatic carbocycles. The van der Waals surface area contributed by atoms with E-state index < -0.39 is 0 Å². The van der Waals surface area contributed by atoms with Crippen LogP contribution in [0.1, 0.15) is 36.7 Å². The van der Waals surface area contributed by atoms with Crippen molar-refractivity contribution in [1.82, 2.24) is 30.0 Å². The van der Waals surface area contributed by atoms with E-state index in [0.717, 1.165) is 36.0 Å². The molecule has 1 fully saturated rings. The third-order valence-electron chi connectivity index (χ3n) is 4.19. The van der Waals surface area contributed by atoms with Crippen LogP contribution in [0.2, 0.25) is 0 Å². The van der Waals surface area contributed by atoms with Crippen LogP contribution in [0.5, 0.6) is 0 Å². The van der Waals surface area contributed by atoms with Gasteiger partial charge in [-0.2, -0.15) is 5.10 Å². The summed E-state index contributed by atoms with van der Waals surface area (Å²) in [4.78, 5) is 15.6. The SMILES string of the molecule is c1cnc(Nc2nc(C3CCCCN3Cc3ccn[nH]3)cs2)nc1. The second-order valence-electron chi connectivity index (χ2n) is 5.84. The van der Waals surface area contributed by atoms with Crippen molar-refractivity contribution < 1.29 is 0 Å². The van der Waals surface area contributed by atoms with Crippen LogP contribution in [0.3, 0.4) is 0 Å². The topological polar surface area (TPSA) is 82.6 Å². The van der Waals surface area contributed by atoms with Crippen molar-refractivity contribution in [2.45, 2.75) is 31.8 Å². The van der Waals surface area contributed by atoms with Gasteiger partial charge in [-0.25, -0.2) is 15.0 Å². The predicted molar refractivity (Wildman–Crippen MR) is 93.0 cm³/mol. The maximum atomic E-state index is 4.77. The second-order valence-corrected chi connectivity index (χ2v) is 6.70. The lowest BCUT2D eigenvalue weighted by molar-refractivity contribution is 0.136. The summed E-state index contributed by atoms with van der Waals surface area (Å²) < 4.78 is 0. The third kappa shape index (κ3) is 3.44. The molecule has 0 saturated carbocycles. The first kappa shape index (κ1) is 15.2. The summed E-state index contributed by atoms with van der Waals surface area (Å²) in [6, 6.07) is 4.19. The van der Waals surface area contributed by atoms with Crippen molar-refractivity contribution in [3.63, 3.8) is 0 Å². The Morgan fingerprint density at radius 3 is 3.00 bits per heavy atom. The Bertz CT molecular complexity index is 756. The number of aromatic nitrogens is 5. The van der Waals surface area contributed by atoms with Crippen LogP contribution in [0.4, 0.5) is 11.1 Å². The molecule has 4 heterocycles. The van der Waals surface area contributed by atoms with Gasteiger partial charge in [0.15, 0.2) is 5.13 Å². The summed E-state index contributed by atoms with van der Waals surface area (Å²) in [5.74, 6) is 0.580. The molecule has 124 valence electrons. The summed E-state index contributed by atoms with van der Waals surface area (Å²) in [7, 11) is 0. The zero-order chi connectivity index (χ0) is 16.2. The monoisotopic (exact) mass is 341 g/mol. The van der Waals surface area contributed by atoms with Crippen LogP contribution >= 0.6 is 11.3 Å². The molecule has 0 amide bonds. The number of hydrogen-bond acceptors (Lipinski definition) is 7. The van der Waals surface area contributed by atoms with E-state index in [1.54, 1.807) is 36.0 Å². The Labute approximate surface area is 144 Å². The first-order valence-corrected chi connectivity index (χ1v) is 8.98. The Balaban J connectivity index is 1.49. The number of aromatic amines is 1. The fraction of sp³-hybridized carbons (Fsp3) is 0.375. The average Bonchev–Trinajstić information content (AvgIpc) is 3.29. The van der Waals surface area contributed by atoms with Gasteiger partial charge in [0, 0.05) is 36.2 Å². The minimum atomic E-state index is 0.352. The Morgan fingerprint density at radius 1 is 1.25 bits per heavy atom. The summed E-state index contributed by atoms with van der Waals surface area (Å²) in [6.45, 7) is 1.97. The van der Waals surface area contributed by atoms with E-state index in [-0.39, 0.29) is 0 Å². The molecular formula is C16H19N7S. The zero-order valence-electron chi connectivity index (χ0n) is 13.2. The van der Waals surface area contributed by atoms with Crippen molar-refractivity contribution in [1.29, 1.82) is 0 Å². The molecule has 0 aromatic carbocycles. The third-order valence-corrected chi connectivity index (χ3v) is 4.97. The van der Waals surface area contributed by atoms with Crippen LogP contribution in [0, 0.1) is 0 Å². The smallest absolute Gasteiger partial charge is 0.228 e. The quantitative estimate of drug-likeness (QED) is 0.742. The van der Waals surface area contributed by atoms with Gasteiger partial charge in [0.05, 0.1) is 11.7 Å². The molecule has 2 N–H and O–H groups in total. The van der Waals surface area contributed by atoms with Gasteiger partial charge in [0.1, 0.15) is 0 Å². The number of H-pyrrole nitrogens is 1. The highest BCUT2D eigenvalue weighted by Gasteiger charge is 2.26. The molecule has 1 aliphatic rings. The Morgan fingerprint density at radius 2 is 2.17 bits per heavy atom. The summed E-state index contributed by atoms with van der Waals surface area (Å²) in [6.07, 6.45) is 8.86. The molecule has 0 spiro atoms. The standard InChI is InChI=1S/C16H19N7S/c1-2-9-23(10-12-5-8-19-22-12)14(4-1)13-11-24-16(20-13)21-15-17-6-3-7-18-15/h3,5-8,11,14H,1-2,4,9-10H2,(H,19,22)(H,17,18,20,21). The predicted octanol–water partition coefficient (Wildman–Crippen LogP) is 3.13. The maximum Gasteiger partial charge on any atom is 0.228 e. The average molecular weight is 341 g/mol. The minimum absolute atomic E-state index is 0.352. The van der Waals surface area contributed by atoms with Crippen molar-refractivity contribution in [3.8, 4) is 0 Å². The molecule has 1 atom stereocenters. The van der Waals surface area contributed by atoms with E-state index in [1.807, 2.05) is 6.07 Å². The molecule has 3 aromatic heterocycles. The van der Waals surface area contributed by atoms with Gasteiger partial charge in [0.2, 0.25) is 5.95 Å². The van der Waals surface area contributed by atoms with Crippen molar-refractivity contribution in [2.24, 2.45) is 0 Å². The lowest BCUT2D eigenvalue weighted by atomic mass is 10.00. The minimum Gasteiger partial charge on any atom is -0.300 e. The number of anilines is 2. The fourth-order valence-electron chi connectivity index (χ4n) is 3.06. The second kappa shape index (κ2) is 7.06. The van der Waals surface area contributed by atoms with Crippen LogP contribution in [-0.4, -0.2) is 36.6 Å². The lowest BCUT2D eigenvalue weighted by Crippen LogP contribution is -2.33. The van der Waals surface area contributed by atoms with E-state index in [0.29, 0.717) is 12.0 Å². The molecule has 1 saturated heterocycles. The van der Waals surface area contributed by atoms with Gasteiger partial charge >= 0.3 is 0 Å². The van der Waals surface area contributed by atoms with Crippen molar-refractivity contribution in [2.75, 3.05) is 11.9 Å². The highest BCUT2D eigenvalue weighted by atomic mass is 32.1. The van der Waals surface area contributed by atoms with E-state index >= 15 is 0 Å².